The van der Waals surface area contributed by atoms with Gasteiger partial charge in [0.25, 0.3) is 0 Å². The maximum absolute atomic E-state index is 11.7. The van der Waals surface area contributed by atoms with E-state index in [0.29, 0.717) is 16.1 Å². The van der Waals surface area contributed by atoms with Crippen molar-refractivity contribution >= 4 is 28.2 Å². The number of anilines is 1. The van der Waals surface area contributed by atoms with Crippen LogP contribution in [0.5, 0.6) is 0 Å². The van der Waals surface area contributed by atoms with Crippen LogP contribution in [0.4, 0.5) is 5.13 Å². The van der Waals surface area contributed by atoms with Crippen molar-refractivity contribution < 1.29 is 14.3 Å². The van der Waals surface area contributed by atoms with Crippen LogP contribution in [-0.2, 0) is 4.74 Å². The summed E-state index contributed by atoms with van der Waals surface area (Å²) >= 11 is 1.22. The number of piperidine rings is 1. The molecule has 1 aromatic heterocycles. The Kier molecular flexibility index (Phi) is 5.30. The Hall–Kier alpha value is -1.47. The quantitative estimate of drug-likeness (QED) is 0.663. The molecule has 0 aliphatic carbocycles. The predicted molar refractivity (Wildman–Crippen MR) is 82.2 cm³/mol. The van der Waals surface area contributed by atoms with E-state index in [4.69, 9.17) is 0 Å². The van der Waals surface area contributed by atoms with Crippen LogP contribution in [0.2, 0.25) is 0 Å². The van der Waals surface area contributed by atoms with Crippen molar-refractivity contribution in [1.82, 2.24) is 9.88 Å². The van der Waals surface area contributed by atoms with E-state index in [2.05, 4.69) is 26.9 Å². The van der Waals surface area contributed by atoms with E-state index >= 15 is 0 Å². The highest BCUT2D eigenvalue weighted by Gasteiger charge is 2.24. The summed E-state index contributed by atoms with van der Waals surface area (Å²) in [6, 6.07) is 0.301. The number of ether oxygens (including phenoxy) is 1. The first-order valence-corrected chi connectivity index (χ1v) is 7.95. The normalized spacial score (nSPS) is 19.3. The number of nitrogens with one attached hydrogen (secondary N) is 1. The zero-order valence-electron chi connectivity index (χ0n) is 12.6. The van der Waals surface area contributed by atoms with Gasteiger partial charge in [0.15, 0.2) is 16.6 Å². The number of esters is 1. The van der Waals surface area contributed by atoms with Crippen LogP contribution in [0.15, 0.2) is 0 Å². The van der Waals surface area contributed by atoms with E-state index in [1.165, 1.54) is 25.4 Å². The molecule has 1 atom stereocenters. The number of Topliss-reactive ketones (excluding diaryl/α,β-unsaturated/α-hetero) is 1. The van der Waals surface area contributed by atoms with Crippen LogP contribution in [-0.4, -0.2) is 54.4 Å². The second-order valence-corrected chi connectivity index (χ2v) is 6.12. The van der Waals surface area contributed by atoms with Gasteiger partial charge in [-0.05, 0) is 25.9 Å². The highest BCUT2D eigenvalue weighted by atomic mass is 32.1. The van der Waals surface area contributed by atoms with Crippen LogP contribution in [0.25, 0.3) is 0 Å². The van der Waals surface area contributed by atoms with Crippen LogP contribution in [0.3, 0.4) is 0 Å². The smallest absolute Gasteiger partial charge is 0.358 e. The number of hydrogen-bond donors (Lipinski definition) is 1. The number of likely N-dealkylation sites (N-methyl/N-ethyl adjacent to an activating group) is 1. The molecule has 1 aliphatic heterocycles. The standard InChI is InChI=1S/C14H21N3O3S/c1-4-17-7-5-6-10(8-17)15-14-16-11(13(19)20-3)12(21-14)9(2)18/h10H,4-8H2,1-3H3,(H,15,16). The summed E-state index contributed by atoms with van der Waals surface area (Å²) in [6.07, 6.45) is 2.21. The summed E-state index contributed by atoms with van der Waals surface area (Å²) in [5.74, 6) is -0.733. The van der Waals surface area contributed by atoms with Crippen molar-refractivity contribution in [2.45, 2.75) is 32.7 Å². The maximum atomic E-state index is 11.7. The number of aromatic nitrogens is 1. The van der Waals surface area contributed by atoms with Gasteiger partial charge in [0, 0.05) is 19.5 Å². The molecule has 116 valence electrons. The topological polar surface area (TPSA) is 71.5 Å². The second-order valence-electron chi connectivity index (χ2n) is 5.12. The Morgan fingerprint density at radius 1 is 1.52 bits per heavy atom. The fraction of sp³-hybridized carbons (Fsp3) is 0.643. The number of carbonyl (C=O) groups excluding carboxylic acids is 2. The summed E-state index contributed by atoms with van der Waals surface area (Å²) in [5, 5.41) is 3.96. The summed E-state index contributed by atoms with van der Waals surface area (Å²) in [5.41, 5.74) is 0.112. The minimum Gasteiger partial charge on any atom is -0.464 e. The lowest BCUT2D eigenvalue weighted by Gasteiger charge is -2.32. The maximum Gasteiger partial charge on any atom is 0.358 e. The molecule has 0 bridgehead atoms. The Bertz CT molecular complexity index is 530. The molecule has 1 fully saturated rings. The van der Waals surface area contributed by atoms with Crippen molar-refractivity contribution in [1.29, 1.82) is 0 Å². The number of hydrogen-bond acceptors (Lipinski definition) is 7. The van der Waals surface area contributed by atoms with Gasteiger partial charge >= 0.3 is 5.97 Å². The average Bonchev–Trinajstić information content (AvgIpc) is 2.90. The molecule has 1 aromatic rings. The molecule has 2 rings (SSSR count). The zero-order chi connectivity index (χ0) is 15.4. The van der Waals surface area contributed by atoms with Gasteiger partial charge in [-0.1, -0.05) is 18.3 Å². The molecule has 1 aliphatic rings. The summed E-state index contributed by atoms with van der Waals surface area (Å²) in [4.78, 5) is 30.3. The molecule has 1 N–H and O–H groups in total. The number of methoxy groups -OCH3 is 1. The van der Waals surface area contributed by atoms with E-state index < -0.39 is 5.97 Å². The molecule has 7 heteroatoms. The average molecular weight is 311 g/mol. The molecule has 0 radical (unpaired) electrons. The van der Waals surface area contributed by atoms with E-state index in [-0.39, 0.29) is 11.5 Å². The SMILES string of the molecule is CCN1CCCC(Nc2nc(C(=O)OC)c(C(C)=O)s2)C1. The molecule has 0 amide bonds. The molecule has 1 saturated heterocycles. The van der Waals surface area contributed by atoms with Crippen molar-refractivity contribution in [2.75, 3.05) is 32.1 Å². The predicted octanol–water partition coefficient (Wildman–Crippen LogP) is 2.03. The first kappa shape index (κ1) is 15.9. The largest absolute Gasteiger partial charge is 0.464 e. The van der Waals surface area contributed by atoms with Crippen LogP contribution < -0.4 is 5.32 Å². The number of likely N-dealkylation sites (tertiary alicyclic amines) is 1. The molecule has 1 unspecified atom stereocenters. The monoisotopic (exact) mass is 311 g/mol. The van der Waals surface area contributed by atoms with E-state index in [1.807, 2.05) is 0 Å². The summed E-state index contributed by atoms with van der Waals surface area (Å²) < 4.78 is 4.68. The van der Waals surface area contributed by atoms with Gasteiger partial charge in [0.2, 0.25) is 0 Å². The Labute approximate surface area is 128 Å². The van der Waals surface area contributed by atoms with Crippen LogP contribution >= 0.6 is 11.3 Å². The van der Waals surface area contributed by atoms with Crippen molar-refractivity contribution in [3.8, 4) is 0 Å². The number of thiazole rings is 1. The zero-order valence-corrected chi connectivity index (χ0v) is 13.5. The van der Waals surface area contributed by atoms with E-state index in [0.717, 1.165) is 32.5 Å². The Morgan fingerprint density at radius 2 is 2.29 bits per heavy atom. The lowest BCUT2D eigenvalue weighted by atomic mass is 10.1. The van der Waals surface area contributed by atoms with Crippen molar-refractivity contribution in [2.24, 2.45) is 0 Å². The third-order valence-corrected chi connectivity index (χ3v) is 4.69. The molecule has 0 saturated carbocycles. The van der Waals surface area contributed by atoms with Gasteiger partial charge in [0.1, 0.15) is 4.88 Å². The molecular formula is C14H21N3O3S. The second kappa shape index (κ2) is 7.00. The van der Waals surface area contributed by atoms with Gasteiger partial charge < -0.3 is 15.0 Å². The third kappa shape index (κ3) is 3.79. The van der Waals surface area contributed by atoms with Crippen molar-refractivity contribution in [3.05, 3.63) is 10.6 Å². The Balaban J connectivity index is 2.13. The van der Waals surface area contributed by atoms with Crippen LogP contribution in [0, 0.1) is 0 Å². The molecule has 2 heterocycles. The molecule has 0 spiro atoms. The van der Waals surface area contributed by atoms with Gasteiger partial charge in [-0.15, -0.1) is 0 Å². The van der Waals surface area contributed by atoms with E-state index in [1.54, 1.807) is 0 Å². The van der Waals surface area contributed by atoms with Gasteiger partial charge in [-0.25, -0.2) is 9.78 Å². The Morgan fingerprint density at radius 3 is 2.90 bits per heavy atom. The lowest BCUT2D eigenvalue weighted by Crippen LogP contribution is -2.41. The molecule has 6 nitrogen and oxygen atoms in total. The molecular weight excluding hydrogens is 290 g/mol. The first-order valence-electron chi connectivity index (χ1n) is 7.14. The van der Waals surface area contributed by atoms with Crippen molar-refractivity contribution in [3.63, 3.8) is 0 Å². The van der Waals surface area contributed by atoms with Gasteiger partial charge in [0.05, 0.1) is 7.11 Å². The number of carbonyl (C=O) groups is 2. The van der Waals surface area contributed by atoms with Crippen LogP contribution in [0.1, 0.15) is 46.8 Å². The molecule has 0 aromatic carbocycles. The fourth-order valence-electron chi connectivity index (χ4n) is 2.49. The van der Waals surface area contributed by atoms with Gasteiger partial charge in [-0.3, -0.25) is 4.79 Å². The minimum atomic E-state index is -0.566. The molecule has 21 heavy (non-hydrogen) atoms. The number of nitrogens with zero attached hydrogens (tertiary/aromatic N) is 2. The summed E-state index contributed by atoms with van der Waals surface area (Å²) in [6.45, 7) is 6.69. The van der Waals surface area contributed by atoms with Gasteiger partial charge in [-0.2, -0.15) is 0 Å². The van der Waals surface area contributed by atoms with E-state index in [9.17, 15) is 9.59 Å². The number of rotatable bonds is 5. The highest BCUT2D eigenvalue weighted by molar-refractivity contribution is 7.17. The first-order chi connectivity index (χ1) is 10.0. The minimum absolute atomic E-state index is 0.112. The third-order valence-electron chi connectivity index (χ3n) is 3.61. The fourth-order valence-corrected chi connectivity index (χ4v) is 3.42. The number of ketones is 1. The summed E-state index contributed by atoms with van der Waals surface area (Å²) in [7, 11) is 1.29. The lowest BCUT2D eigenvalue weighted by molar-refractivity contribution is 0.0591. The highest BCUT2D eigenvalue weighted by Crippen LogP contribution is 2.26.